The summed E-state index contributed by atoms with van der Waals surface area (Å²) in [5, 5.41) is 5.46. The molecule has 0 atom stereocenters. The first-order valence-corrected chi connectivity index (χ1v) is 10.6. The number of nitrogens with zero attached hydrogens (tertiary/aromatic N) is 1. The van der Waals surface area contributed by atoms with Crippen molar-refractivity contribution in [2.45, 2.75) is 30.7 Å². The van der Waals surface area contributed by atoms with Crippen LogP contribution >= 0.6 is 0 Å². The predicted molar refractivity (Wildman–Crippen MR) is 106 cm³/mol. The molecule has 3 rings (SSSR count). The number of amides is 2. The molecule has 0 saturated carbocycles. The molecular formula is C20H22FN3O4S. The summed E-state index contributed by atoms with van der Waals surface area (Å²) < 4.78 is 40.0. The lowest BCUT2D eigenvalue weighted by Crippen LogP contribution is -2.46. The molecule has 2 aromatic rings. The van der Waals surface area contributed by atoms with E-state index in [1.165, 1.54) is 47.6 Å². The van der Waals surface area contributed by atoms with Gasteiger partial charge in [0.2, 0.25) is 15.9 Å². The summed E-state index contributed by atoms with van der Waals surface area (Å²) in [7, 11) is -3.65. The quantitative estimate of drug-likeness (QED) is 0.778. The molecule has 1 aliphatic rings. The average molecular weight is 419 g/mol. The topological polar surface area (TPSA) is 95.6 Å². The van der Waals surface area contributed by atoms with Crippen LogP contribution in [0.25, 0.3) is 0 Å². The molecule has 2 amide bonds. The molecule has 0 aliphatic carbocycles. The van der Waals surface area contributed by atoms with Crippen LogP contribution in [0.1, 0.15) is 30.1 Å². The van der Waals surface area contributed by atoms with Crippen LogP contribution in [-0.2, 0) is 14.8 Å². The summed E-state index contributed by atoms with van der Waals surface area (Å²) in [6.45, 7) is 1.94. The van der Waals surface area contributed by atoms with E-state index in [0.717, 1.165) is 0 Å². The third-order valence-electron chi connectivity index (χ3n) is 4.71. The zero-order valence-corrected chi connectivity index (χ0v) is 16.7. The Kier molecular flexibility index (Phi) is 6.29. The number of anilines is 1. The minimum atomic E-state index is -3.65. The molecule has 7 nitrogen and oxygen atoms in total. The molecule has 2 aromatic carbocycles. The maximum absolute atomic E-state index is 13.0. The Morgan fingerprint density at radius 3 is 2.14 bits per heavy atom. The summed E-state index contributed by atoms with van der Waals surface area (Å²) in [6, 6.07) is 11.1. The highest BCUT2D eigenvalue weighted by Crippen LogP contribution is 2.22. The van der Waals surface area contributed by atoms with Crippen molar-refractivity contribution in [1.29, 1.82) is 0 Å². The SMILES string of the molecule is CC(=O)Nc1ccc(S(=O)(=O)N2CCC(NC(=O)c3ccc(F)cc3)CC2)cc1. The molecule has 29 heavy (non-hydrogen) atoms. The molecule has 1 saturated heterocycles. The summed E-state index contributed by atoms with van der Waals surface area (Å²) in [5.74, 6) is -0.949. The summed E-state index contributed by atoms with van der Waals surface area (Å²) in [5.41, 5.74) is 0.888. The smallest absolute Gasteiger partial charge is 0.251 e. The van der Waals surface area contributed by atoms with Gasteiger partial charge in [0, 0.05) is 37.3 Å². The number of carbonyl (C=O) groups excluding carboxylic acids is 2. The molecule has 0 radical (unpaired) electrons. The molecule has 0 aromatic heterocycles. The molecule has 1 aliphatic heterocycles. The normalized spacial score (nSPS) is 15.7. The van der Waals surface area contributed by atoms with Crippen LogP contribution in [0.2, 0.25) is 0 Å². The van der Waals surface area contributed by atoms with E-state index in [1.54, 1.807) is 12.1 Å². The molecule has 154 valence electrons. The third-order valence-corrected chi connectivity index (χ3v) is 6.62. The first kappa shape index (κ1) is 20.9. The van der Waals surface area contributed by atoms with E-state index in [-0.39, 0.29) is 35.8 Å². The third kappa shape index (κ3) is 5.18. The first-order valence-electron chi connectivity index (χ1n) is 9.20. The Morgan fingerprint density at radius 2 is 1.59 bits per heavy atom. The highest BCUT2D eigenvalue weighted by Gasteiger charge is 2.30. The van der Waals surface area contributed by atoms with Gasteiger partial charge in [-0.05, 0) is 61.4 Å². The number of hydrogen-bond acceptors (Lipinski definition) is 4. The predicted octanol–water partition coefficient (Wildman–Crippen LogP) is 2.37. The van der Waals surface area contributed by atoms with Crippen LogP contribution in [0.5, 0.6) is 0 Å². The Bertz CT molecular complexity index is 983. The van der Waals surface area contributed by atoms with Crippen LogP contribution in [0.3, 0.4) is 0 Å². The van der Waals surface area contributed by atoms with Crippen LogP contribution < -0.4 is 10.6 Å². The minimum absolute atomic E-state index is 0.152. The van der Waals surface area contributed by atoms with E-state index in [2.05, 4.69) is 10.6 Å². The fraction of sp³-hybridized carbons (Fsp3) is 0.300. The van der Waals surface area contributed by atoms with E-state index in [1.807, 2.05) is 0 Å². The van der Waals surface area contributed by atoms with Crippen molar-refractivity contribution < 1.29 is 22.4 Å². The highest BCUT2D eigenvalue weighted by atomic mass is 32.2. The van der Waals surface area contributed by atoms with Gasteiger partial charge in [0.1, 0.15) is 5.82 Å². The van der Waals surface area contributed by atoms with Crippen molar-refractivity contribution in [2.24, 2.45) is 0 Å². The van der Waals surface area contributed by atoms with Crippen molar-refractivity contribution in [3.05, 3.63) is 59.9 Å². The summed E-state index contributed by atoms with van der Waals surface area (Å²) in [4.78, 5) is 23.5. The monoisotopic (exact) mass is 419 g/mol. The molecule has 1 heterocycles. The number of halogens is 1. The standard InChI is InChI=1S/C20H22FN3O4S/c1-14(25)22-17-6-8-19(9-7-17)29(27,28)24-12-10-18(11-13-24)23-20(26)15-2-4-16(21)5-3-15/h2-9,18H,10-13H2,1H3,(H,22,25)(H,23,26). The van der Waals surface area contributed by atoms with E-state index in [0.29, 0.717) is 24.1 Å². The van der Waals surface area contributed by atoms with E-state index >= 15 is 0 Å². The van der Waals surface area contributed by atoms with Crippen molar-refractivity contribution >= 4 is 27.5 Å². The van der Waals surface area contributed by atoms with Crippen molar-refractivity contribution in [2.75, 3.05) is 18.4 Å². The van der Waals surface area contributed by atoms with Gasteiger partial charge in [-0.25, -0.2) is 12.8 Å². The first-order chi connectivity index (χ1) is 13.8. The van der Waals surface area contributed by atoms with Gasteiger partial charge in [-0.1, -0.05) is 0 Å². The van der Waals surface area contributed by atoms with Crippen LogP contribution in [0, 0.1) is 5.82 Å². The molecule has 0 bridgehead atoms. The number of carbonyl (C=O) groups is 2. The van der Waals surface area contributed by atoms with Crippen LogP contribution in [0.4, 0.5) is 10.1 Å². The van der Waals surface area contributed by atoms with Gasteiger partial charge in [0.25, 0.3) is 5.91 Å². The Labute approximate surface area is 169 Å². The van der Waals surface area contributed by atoms with E-state index in [9.17, 15) is 22.4 Å². The molecular weight excluding hydrogens is 397 g/mol. The molecule has 0 spiro atoms. The lowest BCUT2D eigenvalue weighted by Gasteiger charge is -2.31. The fourth-order valence-electron chi connectivity index (χ4n) is 3.17. The van der Waals surface area contributed by atoms with Crippen molar-refractivity contribution in [1.82, 2.24) is 9.62 Å². The highest BCUT2D eigenvalue weighted by molar-refractivity contribution is 7.89. The second kappa shape index (κ2) is 8.71. The van der Waals surface area contributed by atoms with Crippen LogP contribution in [-0.4, -0.2) is 43.7 Å². The van der Waals surface area contributed by atoms with Gasteiger partial charge < -0.3 is 10.6 Å². The lowest BCUT2D eigenvalue weighted by atomic mass is 10.1. The van der Waals surface area contributed by atoms with Gasteiger partial charge in [0.15, 0.2) is 0 Å². The maximum atomic E-state index is 13.0. The van der Waals surface area contributed by atoms with Gasteiger partial charge in [-0.15, -0.1) is 0 Å². The van der Waals surface area contributed by atoms with E-state index < -0.39 is 15.8 Å². The molecule has 9 heteroatoms. The Morgan fingerprint density at radius 1 is 1.00 bits per heavy atom. The average Bonchev–Trinajstić information content (AvgIpc) is 2.69. The second-order valence-electron chi connectivity index (χ2n) is 6.86. The minimum Gasteiger partial charge on any atom is -0.349 e. The number of nitrogens with one attached hydrogen (secondary N) is 2. The van der Waals surface area contributed by atoms with Gasteiger partial charge in [0.05, 0.1) is 4.90 Å². The van der Waals surface area contributed by atoms with Gasteiger partial charge in [-0.3, -0.25) is 9.59 Å². The summed E-state index contributed by atoms with van der Waals surface area (Å²) in [6.07, 6.45) is 0.965. The largest absolute Gasteiger partial charge is 0.349 e. The van der Waals surface area contributed by atoms with Gasteiger partial charge in [-0.2, -0.15) is 4.31 Å². The number of rotatable bonds is 5. The number of hydrogen-bond donors (Lipinski definition) is 2. The molecule has 0 unspecified atom stereocenters. The lowest BCUT2D eigenvalue weighted by molar-refractivity contribution is -0.114. The fourth-order valence-corrected chi connectivity index (χ4v) is 4.64. The van der Waals surface area contributed by atoms with Crippen molar-refractivity contribution in [3.8, 4) is 0 Å². The van der Waals surface area contributed by atoms with Crippen LogP contribution in [0.15, 0.2) is 53.4 Å². The zero-order valence-electron chi connectivity index (χ0n) is 15.9. The van der Waals surface area contributed by atoms with E-state index in [4.69, 9.17) is 0 Å². The molecule has 2 N–H and O–H groups in total. The zero-order chi connectivity index (χ0) is 21.0. The molecule has 1 fully saturated rings. The van der Waals surface area contributed by atoms with Crippen molar-refractivity contribution in [3.63, 3.8) is 0 Å². The summed E-state index contributed by atoms with van der Waals surface area (Å²) >= 11 is 0. The van der Waals surface area contributed by atoms with Gasteiger partial charge >= 0.3 is 0 Å². The maximum Gasteiger partial charge on any atom is 0.251 e. The number of benzene rings is 2. The number of piperidine rings is 1. The second-order valence-corrected chi connectivity index (χ2v) is 8.80. The Hall–Kier alpha value is -2.78. The number of sulfonamides is 1. The Balaban J connectivity index is 1.58.